The second-order valence-corrected chi connectivity index (χ2v) is 17.3. The molecule has 0 aromatic heterocycles. The fraction of sp³-hybridized carbons (Fsp3) is 0.200. The first-order valence-electron chi connectivity index (χ1n) is 11.9. The molecular weight excluding hydrogens is 551 g/mol. The maximum atomic E-state index is 4.93. The van der Waals surface area contributed by atoms with Gasteiger partial charge in [-0.05, 0) is 42.7 Å². The summed E-state index contributed by atoms with van der Waals surface area (Å²) in [4.78, 5) is 0. The Morgan fingerprint density at radius 1 is 0.735 bits per heavy atom. The number of hydrogen-bond acceptors (Lipinski definition) is 0. The van der Waals surface area contributed by atoms with Crippen molar-refractivity contribution in [1.82, 2.24) is 0 Å². The molecule has 0 N–H and O–H groups in total. The predicted octanol–water partition coefficient (Wildman–Crippen LogP) is 8.68. The van der Waals surface area contributed by atoms with Gasteiger partial charge in [-0.2, -0.15) is 0 Å². The topological polar surface area (TPSA) is 0 Å². The van der Waals surface area contributed by atoms with Crippen LogP contribution in [0.15, 0.2) is 85.6 Å². The van der Waals surface area contributed by atoms with Gasteiger partial charge < -0.3 is 0 Å². The van der Waals surface area contributed by atoms with E-state index in [1.165, 1.54) is 54.3 Å². The first kappa shape index (κ1) is 26.9. The molecule has 170 valence electrons. The van der Waals surface area contributed by atoms with Crippen molar-refractivity contribution >= 4 is 25.1 Å². The van der Waals surface area contributed by atoms with Gasteiger partial charge in [0.2, 0.25) is 0 Å². The minimum atomic E-state index is -1.95. The van der Waals surface area contributed by atoms with E-state index in [0.29, 0.717) is 0 Å². The first-order valence-corrected chi connectivity index (χ1v) is 21.2. The molecule has 0 unspecified atom stereocenters. The molecule has 0 aliphatic heterocycles. The van der Waals surface area contributed by atoms with Crippen LogP contribution < -0.4 is 0 Å². The van der Waals surface area contributed by atoms with Crippen molar-refractivity contribution in [3.05, 3.63) is 144 Å². The molecule has 0 bridgehead atoms. The number of allylic oxidation sites excluding steroid dienone is 13. The van der Waals surface area contributed by atoms with Gasteiger partial charge in [0.1, 0.15) is 0 Å². The summed E-state index contributed by atoms with van der Waals surface area (Å²) in [6.45, 7) is 8.97. The summed E-state index contributed by atoms with van der Waals surface area (Å²) in [5.74, 6) is 10.1. The van der Waals surface area contributed by atoms with E-state index >= 15 is 0 Å². The Bertz CT molecular complexity index is 848. The van der Waals surface area contributed by atoms with E-state index in [0.717, 1.165) is 12.8 Å². The van der Waals surface area contributed by atoms with E-state index in [9.17, 15) is 0 Å². The molecule has 0 atom stereocenters. The van der Waals surface area contributed by atoms with Gasteiger partial charge >= 0.3 is 37.9 Å². The fourth-order valence-electron chi connectivity index (χ4n) is 5.48. The third kappa shape index (κ3) is 5.41. The zero-order valence-electron chi connectivity index (χ0n) is 19.9. The third-order valence-corrected chi connectivity index (χ3v) is 10.5. The Kier molecular flexibility index (Phi) is 9.82. The van der Waals surface area contributed by atoms with Crippen molar-refractivity contribution < 1.29 is 20.8 Å². The Labute approximate surface area is 227 Å². The van der Waals surface area contributed by atoms with E-state index in [1.54, 1.807) is 11.1 Å². The van der Waals surface area contributed by atoms with Crippen LogP contribution in [0.4, 0.5) is 0 Å². The Hall–Kier alpha value is -0.140. The molecule has 0 aromatic carbocycles. The Balaban J connectivity index is 0.000000868. The number of halogens is 2. The van der Waals surface area contributed by atoms with Crippen molar-refractivity contribution in [2.75, 3.05) is 0 Å². The molecule has 0 nitrogen and oxygen atoms in total. The Morgan fingerprint density at radius 3 is 1.74 bits per heavy atom. The zero-order chi connectivity index (χ0) is 24.1. The van der Waals surface area contributed by atoms with Crippen molar-refractivity contribution in [1.29, 1.82) is 0 Å². The standard InChI is InChI=1S/C30H30Si.2ClH.Zr/c1-4-5-6-7-14-22-21-29(26-18-11-8-15-23(22)26)31(2,3)30-27-19-12-9-16-24(27)25-17-10-13-20-28(25)30;;;/h4,8-13,15-21H,1,5-7,14H2,2-3H3;2*1H;/q;;;+4/p-2. The summed E-state index contributed by atoms with van der Waals surface area (Å²) < 4.78 is 0. The predicted molar refractivity (Wildman–Crippen MR) is 146 cm³/mol. The molecule has 4 heteroatoms. The van der Waals surface area contributed by atoms with E-state index in [1.807, 2.05) is 6.08 Å². The maximum absolute atomic E-state index is 4.93. The first-order chi connectivity index (χ1) is 16.5. The van der Waals surface area contributed by atoms with Gasteiger partial charge in [-0.15, -0.1) is 6.58 Å². The molecule has 5 aliphatic carbocycles. The normalized spacial score (nSPS) is 24.2. The van der Waals surface area contributed by atoms with Gasteiger partial charge in [-0.3, -0.25) is 0 Å². The van der Waals surface area contributed by atoms with Crippen molar-refractivity contribution in [2.24, 2.45) is 0 Å². The zero-order valence-corrected chi connectivity index (χ0v) is 24.8. The molecule has 0 heterocycles. The average Bonchev–Trinajstić information content (AvgIpc) is 3.39. The summed E-state index contributed by atoms with van der Waals surface area (Å²) in [6.07, 6.45) is 36.4. The van der Waals surface area contributed by atoms with Crippen LogP contribution in [-0.2, 0) is 20.8 Å². The molecule has 0 amide bonds. The molecule has 0 aromatic rings. The van der Waals surface area contributed by atoms with Crippen LogP contribution in [-0.4, -0.2) is 8.07 Å². The molecule has 0 saturated heterocycles. The average molecular weight is 581 g/mol. The molecule has 34 heavy (non-hydrogen) atoms. The van der Waals surface area contributed by atoms with Crippen LogP contribution in [0.5, 0.6) is 0 Å². The molecule has 5 aliphatic rings. The molecule has 0 spiro atoms. The molecular formula is C30H30Cl2SiZr+2. The third-order valence-electron chi connectivity index (χ3n) is 6.97. The van der Waals surface area contributed by atoms with Gasteiger partial charge in [0.15, 0.2) is 0 Å². The van der Waals surface area contributed by atoms with Gasteiger partial charge in [-0.25, -0.2) is 0 Å². The monoisotopic (exact) mass is 578 g/mol. The summed E-state index contributed by atoms with van der Waals surface area (Å²) in [6, 6.07) is 0. The van der Waals surface area contributed by atoms with E-state index in [4.69, 9.17) is 17.0 Å². The van der Waals surface area contributed by atoms with Crippen LogP contribution in [0.1, 0.15) is 25.7 Å². The van der Waals surface area contributed by atoms with E-state index in [2.05, 4.69) is 99.0 Å². The quantitative estimate of drug-likeness (QED) is 0.161. The van der Waals surface area contributed by atoms with Crippen LogP contribution in [0.25, 0.3) is 0 Å². The second kappa shape index (κ2) is 12.4. The number of rotatable bonds is 7. The van der Waals surface area contributed by atoms with Crippen LogP contribution in [0, 0.1) is 58.9 Å². The van der Waals surface area contributed by atoms with Crippen molar-refractivity contribution in [2.45, 2.75) is 38.8 Å². The van der Waals surface area contributed by atoms with Crippen LogP contribution in [0.2, 0.25) is 13.1 Å². The van der Waals surface area contributed by atoms with Crippen LogP contribution >= 0.6 is 17.0 Å². The van der Waals surface area contributed by atoms with E-state index < -0.39 is 28.9 Å². The van der Waals surface area contributed by atoms with Crippen molar-refractivity contribution in [3.8, 4) is 0 Å². The second-order valence-electron chi connectivity index (χ2n) is 9.33. The molecule has 2 saturated carbocycles. The Morgan fingerprint density at radius 2 is 1.21 bits per heavy atom. The summed E-state index contributed by atoms with van der Waals surface area (Å²) >= 11 is -0.826. The van der Waals surface area contributed by atoms with Gasteiger partial charge in [0.25, 0.3) is 0 Å². The summed E-state index contributed by atoms with van der Waals surface area (Å²) in [7, 11) is 7.92. The van der Waals surface area contributed by atoms with Gasteiger partial charge in [0, 0.05) is 35.5 Å². The molecule has 5 rings (SSSR count). The molecule has 2 fully saturated rings. The number of unbranched alkanes of at least 4 members (excludes halogenated alkanes) is 2. The number of fused-ring (bicyclic) bond motifs is 4. The SMILES string of the molecule is C=CCCCC[C]1[CH][C]([Si](C)(C)[C]2[C]3C=CC=C[C]3[C]3C=CC=C[C]32)[C]2C=CC=C[C]12.[Cl][Zr+2][Cl]. The summed E-state index contributed by atoms with van der Waals surface area (Å²) in [5.41, 5.74) is 3.18. The molecule has 10 radical (unpaired) electrons. The van der Waals surface area contributed by atoms with Crippen molar-refractivity contribution in [3.63, 3.8) is 0 Å². The van der Waals surface area contributed by atoms with Gasteiger partial charge in [0.05, 0.1) is 8.07 Å². The fourth-order valence-corrected chi connectivity index (χ4v) is 8.96. The van der Waals surface area contributed by atoms with Crippen LogP contribution in [0.3, 0.4) is 0 Å². The number of hydrogen-bond donors (Lipinski definition) is 0. The minimum absolute atomic E-state index is 0.826. The van der Waals surface area contributed by atoms with E-state index in [-0.39, 0.29) is 0 Å². The van der Waals surface area contributed by atoms with Gasteiger partial charge in [-0.1, -0.05) is 98.5 Å². The summed E-state index contributed by atoms with van der Waals surface area (Å²) in [5, 5.41) is 0.